The molecule has 0 fully saturated rings. The molecule has 1 N–H and O–H groups in total. The van der Waals surface area contributed by atoms with Crippen LogP contribution in [0.2, 0.25) is 0 Å². The van der Waals surface area contributed by atoms with Gasteiger partial charge in [-0.05, 0) is 0 Å². The molecule has 10 heteroatoms. The smallest absolute Gasteiger partial charge is 0.360 e. The van der Waals surface area contributed by atoms with Crippen molar-refractivity contribution in [3.8, 4) is 0 Å². The molecule has 2 aromatic rings. The first-order chi connectivity index (χ1) is 8.05. The first-order valence-electron chi connectivity index (χ1n) is 4.45. The highest BCUT2D eigenvalue weighted by atomic mass is 32.1. The van der Waals surface area contributed by atoms with Gasteiger partial charge in [0.15, 0.2) is 5.82 Å². The van der Waals surface area contributed by atoms with E-state index in [0.717, 1.165) is 0 Å². The van der Waals surface area contributed by atoms with Crippen LogP contribution in [0.15, 0.2) is 10.9 Å². The number of nitrogens with one attached hydrogen (secondary N) is 1. The molecule has 0 aliphatic carbocycles. The second-order valence-electron chi connectivity index (χ2n) is 2.93. The first kappa shape index (κ1) is 11.8. The summed E-state index contributed by atoms with van der Waals surface area (Å²) in [5, 5.41) is 11.8. The molecule has 17 heavy (non-hydrogen) atoms. The average molecular weight is 265 g/mol. The normalized spacial score (nSPS) is 11.7. The van der Waals surface area contributed by atoms with E-state index in [1.54, 1.807) is 0 Å². The molecule has 0 saturated carbocycles. The van der Waals surface area contributed by atoms with Crippen molar-refractivity contribution in [1.29, 1.82) is 0 Å². The van der Waals surface area contributed by atoms with Crippen molar-refractivity contribution in [2.45, 2.75) is 12.6 Å². The number of alkyl halides is 3. The number of nitrogens with zero attached hydrogens (tertiary/aromatic N) is 4. The zero-order chi connectivity index (χ0) is 12.3. The molecule has 0 unspecified atom stereocenters. The molecule has 0 radical (unpaired) electrons. The van der Waals surface area contributed by atoms with Crippen LogP contribution < -0.4 is 5.32 Å². The average Bonchev–Trinajstić information content (AvgIpc) is 2.86. The van der Waals surface area contributed by atoms with Crippen LogP contribution in [0.25, 0.3) is 0 Å². The summed E-state index contributed by atoms with van der Waals surface area (Å²) in [6.45, 7) is 0.353. The summed E-state index contributed by atoms with van der Waals surface area (Å²) in [6, 6.07) is 0. The largest absolute Gasteiger partial charge is 0.445 e. The fourth-order valence-electron chi connectivity index (χ4n) is 0.993. The van der Waals surface area contributed by atoms with Gasteiger partial charge in [0.1, 0.15) is 0 Å². The Hall–Kier alpha value is -1.71. The summed E-state index contributed by atoms with van der Waals surface area (Å²) in [4.78, 5) is 3.76. The van der Waals surface area contributed by atoms with E-state index < -0.39 is 11.2 Å². The molecule has 6 nitrogen and oxygen atoms in total. The molecule has 0 aromatic carbocycles. The van der Waals surface area contributed by atoms with E-state index >= 15 is 0 Å². The van der Waals surface area contributed by atoms with E-state index in [0.29, 0.717) is 30.1 Å². The van der Waals surface area contributed by atoms with Crippen LogP contribution in [0, 0.1) is 0 Å². The van der Waals surface area contributed by atoms with Gasteiger partial charge in [-0.15, -0.1) is 10.2 Å². The highest BCUT2D eigenvalue weighted by molar-refractivity contribution is 7.15. The van der Waals surface area contributed by atoms with E-state index in [-0.39, 0.29) is 5.13 Å². The molecule has 2 rings (SSSR count). The minimum atomic E-state index is -4.45. The van der Waals surface area contributed by atoms with Crippen LogP contribution >= 0.6 is 11.3 Å². The van der Waals surface area contributed by atoms with Crippen LogP contribution in [0.4, 0.5) is 18.3 Å². The lowest BCUT2D eigenvalue weighted by molar-refractivity contribution is -0.138. The maximum atomic E-state index is 12.2. The lowest BCUT2D eigenvalue weighted by atomic mass is 10.4. The van der Waals surface area contributed by atoms with Crippen molar-refractivity contribution in [3.63, 3.8) is 0 Å². The van der Waals surface area contributed by atoms with Gasteiger partial charge in [0, 0.05) is 13.0 Å². The number of anilines is 1. The zero-order valence-electron chi connectivity index (χ0n) is 8.23. The van der Waals surface area contributed by atoms with Crippen molar-refractivity contribution in [1.82, 2.24) is 20.3 Å². The molecule has 0 spiro atoms. The molecule has 0 amide bonds. The van der Waals surface area contributed by atoms with Gasteiger partial charge in [-0.25, -0.2) is 0 Å². The van der Waals surface area contributed by atoms with Crippen molar-refractivity contribution < 1.29 is 17.7 Å². The van der Waals surface area contributed by atoms with Gasteiger partial charge in [-0.2, -0.15) is 18.2 Å². The summed E-state index contributed by atoms with van der Waals surface area (Å²) < 4.78 is 41.1. The summed E-state index contributed by atoms with van der Waals surface area (Å²) in [5.41, 5.74) is 0. The van der Waals surface area contributed by atoms with E-state index in [4.69, 9.17) is 0 Å². The minimum absolute atomic E-state index is 0.112. The molecule has 92 valence electrons. The van der Waals surface area contributed by atoms with Crippen LogP contribution in [0.5, 0.6) is 0 Å². The van der Waals surface area contributed by atoms with Crippen molar-refractivity contribution >= 4 is 16.5 Å². The fourth-order valence-corrected chi connectivity index (χ4v) is 1.63. The predicted molar refractivity (Wildman–Crippen MR) is 51.4 cm³/mol. The number of hydrogen-bond acceptors (Lipinski definition) is 7. The van der Waals surface area contributed by atoms with E-state index in [1.807, 2.05) is 0 Å². The Morgan fingerprint density at radius 2 is 2.18 bits per heavy atom. The number of halogens is 3. The Balaban J connectivity index is 1.85. The van der Waals surface area contributed by atoms with Gasteiger partial charge in [0.2, 0.25) is 16.5 Å². The third-order valence-electron chi connectivity index (χ3n) is 1.70. The second kappa shape index (κ2) is 4.65. The molecular weight excluding hydrogens is 259 g/mol. The lowest BCUT2D eigenvalue weighted by Gasteiger charge is -1.99. The van der Waals surface area contributed by atoms with E-state index in [9.17, 15) is 13.2 Å². The quantitative estimate of drug-likeness (QED) is 0.904. The molecular formula is C7H6F3N5OS. The minimum Gasteiger partial charge on any atom is -0.360 e. The number of aromatic nitrogens is 4. The summed E-state index contributed by atoms with van der Waals surface area (Å²) in [7, 11) is 0. The van der Waals surface area contributed by atoms with Gasteiger partial charge in [0.25, 0.3) is 0 Å². The van der Waals surface area contributed by atoms with Crippen LogP contribution in [0.3, 0.4) is 0 Å². The van der Waals surface area contributed by atoms with E-state index in [1.165, 1.54) is 6.39 Å². The Kier molecular flexibility index (Phi) is 3.22. The zero-order valence-corrected chi connectivity index (χ0v) is 9.05. The Labute approximate surface area is 96.9 Å². The molecule has 0 atom stereocenters. The standard InChI is InChI=1S/C7H6F3N5OS/c8-7(9,10)5-13-14-6(17-5)11-2-1-4-12-3-16-15-4/h3H,1-2H2,(H,11,14). The maximum Gasteiger partial charge on any atom is 0.445 e. The van der Waals surface area contributed by atoms with Crippen molar-refractivity contribution in [2.24, 2.45) is 0 Å². The van der Waals surface area contributed by atoms with Crippen molar-refractivity contribution in [3.05, 3.63) is 17.2 Å². The number of rotatable bonds is 4. The highest BCUT2D eigenvalue weighted by Gasteiger charge is 2.35. The Morgan fingerprint density at radius 1 is 1.35 bits per heavy atom. The van der Waals surface area contributed by atoms with Gasteiger partial charge in [-0.1, -0.05) is 16.5 Å². The van der Waals surface area contributed by atoms with Crippen LogP contribution in [-0.2, 0) is 12.6 Å². The molecule has 0 aliphatic rings. The lowest BCUT2D eigenvalue weighted by Crippen LogP contribution is -2.05. The Morgan fingerprint density at radius 3 is 2.76 bits per heavy atom. The second-order valence-corrected chi connectivity index (χ2v) is 3.91. The molecule has 2 heterocycles. The number of hydrogen-bond donors (Lipinski definition) is 1. The van der Waals surface area contributed by atoms with Gasteiger partial charge < -0.3 is 9.84 Å². The molecule has 2 aromatic heterocycles. The van der Waals surface area contributed by atoms with Crippen LogP contribution in [0.1, 0.15) is 10.8 Å². The summed E-state index contributed by atoms with van der Waals surface area (Å²) in [6.07, 6.45) is -2.84. The summed E-state index contributed by atoms with van der Waals surface area (Å²) in [5.74, 6) is 0.470. The third kappa shape index (κ3) is 3.12. The van der Waals surface area contributed by atoms with E-state index in [2.05, 4.69) is 30.2 Å². The van der Waals surface area contributed by atoms with Gasteiger partial charge in [0.05, 0.1) is 0 Å². The third-order valence-corrected chi connectivity index (χ3v) is 2.63. The van der Waals surface area contributed by atoms with Crippen molar-refractivity contribution in [2.75, 3.05) is 11.9 Å². The molecule has 0 bridgehead atoms. The summed E-state index contributed by atoms with van der Waals surface area (Å²) >= 11 is 0.454. The van der Waals surface area contributed by atoms with Gasteiger partial charge >= 0.3 is 6.18 Å². The predicted octanol–water partition coefficient (Wildman–Crippen LogP) is 1.59. The first-order valence-corrected chi connectivity index (χ1v) is 5.27. The molecule has 0 saturated heterocycles. The highest BCUT2D eigenvalue weighted by Crippen LogP contribution is 2.32. The van der Waals surface area contributed by atoms with Crippen LogP contribution in [-0.4, -0.2) is 26.9 Å². The molecule has 0 aliphatic heterocycles. The topological polar surface area (TPSA) is 76.7 Å². The monoisotopic (exact) mass is 265 g/mol. The maximum absolute atomic E-state index is 12.2. The Bertz CT molecular complexity index is 468. The van der Waals surface area contributed by atoms with Gasteiger partial charge in [-0.3, -0.25) is 0 Å². The SMILES string of the molecule is FC(F)(F)c1nnc(NCCc2ncon2)s1. The fraction of sp³-hybridized carbons (Fsp3) is 0.429.